The van der Waals surface area contributed by atoms with Crippen molar-refractivity contribution in [2.75, 3.05) is 6.61 Å². The molecule has 0 aliphatic rings. The van der Waals surface area contributed by atoms with Crippen molar-refractivity contribution in [1.82, 2.24) is 14.8 Å². The molecule has 0 saturated carbocycles. The molecule has 0 saturated heterocycles. The Labute approximate surface area is 181 Å². The van der Waals surface area contributed by atoms with Crippen LogP contribution in [0.4, 0.5) is 0 Å². The van der Waals surface area contributed by atoms with Gasteiger partial charge in [0.1, 0.15) is 5.75 Å². The smallest absolute Gasteiger partial charge is 0.196 e. The average molecular weight is 416 g/mol. The highest BCUT2D eigenvalue weighted by atomic mass is 32.2. The van der Waals surface area contributed by atoms with E-state index in [1.165, 1.54) is 16.7 Å². The maximum Gasteiger partial charge on any atom is 0.196 e. The molecule has 5 heteroatoms. The summed E-state index contributed by atoms with van der Waals surface area (Å²) in [6, 6.07) is 25.0. The second-order valence-electron chi connectivity index (χ2n) is 7.15. The molecule has 0 bridgehead atoms. The van der Waals surface area contributed by atoms with Crippen LogP contribution >= 0.6 is 11.8 Å². The lowest BCUT2D eigenvalue weighted by Crippen LogP contribution is -2.00. The summed E-state index contributed by atoms with van der Waals surface area (Å²) >= 11 is 1.70. The first-order valence-electron chi connectivity index (χ1n) is 10.1. The van der Waals surface area contributed by atoms with Crippen LogP contribution in [0, 0.1) is 13.8 Å². The second-order valence-corrected chi connectivity index (χ2v) is 8.09. The predicted molar refractivity (Wildman–Crippen MR) is 123 cm³/mol. The first kappa shape index (κ1) is 20.2. The Morgan fingerprint density at radius 2 is 1.60 bits per heavy atom. The molecule has 0 aliphatic heterocycles. The van der Waals surface area contributed by atoms with Crippen molar-refractivity contribution in [1.29, 1.82) is 0 Å². The SMILES string of the molecule is CCOc1ccc(-n2c(SCc3ccccc3C)nnc2-c2ccc(C)cc2)cc1. The molecule has 3 aromatic carbocycles. The Balaban J connectivity index is 1.72. The van der Waals surface area contributed by atoms with Crippen LogP contribution in [0.1, 0.15) is 23.6 Å². The van der Waals surface area contributed by atoms with Gasteiger partial charge in [-0.2, -0.15) is 0 Å². The molecule has 0 spiro atoms. The number of benzene rings is 3. The molecule has 0 radical (unpaired) electrons. The van der Waals surface area contributed by atoms with Crippen LogP contribution in [0.25, 0.3) is 17.1 Å². The van der Waals surface area contributed by atoms with E-state index in [4.69, 9.17) is 4.74 Å². The largest absolute Gasteiger partial charge is 0.494 e. The van der Waals surface area contributed by atoms with E-state index in [1.54, 1.807) is 11.8 Å². The zero-order valence-corrected chi connectivity index (χ0v) is 18.3. The van der Waals surface area contributed by atoms with Crippen molar-refractivity contribution >= 4 is 11.8 Å². The minimum atomic E-state index is 0.651. The lowest BCUT2D eigenvalue weighted by Gasteiger charge is -2.12. The number of hydrogen-bond donors (Lipinski definition) is 0. The summed E-state index contributed by atoms with van der Waals surface area (Å²) in [7, 11) is 0. The summed E-state index contributed by atoms with van der Waals surface area (Å²) < 4.78 is 7.74. The third-order valence-corrected chi connectivity index (χ3v) is 5.94. The van der Waals surface area contributed by atoms with Gasteiger partial charge in [0.05, 0.1) is 6.61 Å². The standard InChI is InChI=1S/C25H25N3OS/c1-4-29-23-15-13-22(14-16-23)28-24(20-11-9-18(2)10-12-20)26-27-25(28)30-17-21-8-6-5-7-19(21)3/h5-16H,4,17H2,1-3H3. The van der Waals surface area contributed by atoms with E-state index in [-0.39, 0.29) is 0 Å². The monoisotopic (exact) mass is 415 g/mol. The molecular weight excluding hydrogens is 390 g/mol. The van der Waals surface area contributed by atoms with E-state index in [9.17, 15) is 0 Å². The fraction of sp³-hybridized carbons (Fsp3) is 0.200. The molecule has 0 unspecified atom stereocenters. The van der Waals surface area contributed by atoms with Crippen LogP contribution in [0.15, 0.2) is 78.0 Å². The average Bonchev–Trinajstić information content (AvgIpc) is 3.18. The lowest BCUT2D eigenvalue weighted by atomic mass is 10.1. The third kappa shape index (κ3) is 4.41. The van der Waals surface area contributed by atoms with Gasteiger partial charge in [0.25, 0.3) is 0 Å². The summed E-state index contributed by atoms with van der Waals surface area (Å²) in [5, 5.41) is 9.96. The highest BCUT2D eigenvalue weighted by Gasteiger charge is 2.16. The summed E-state index contributed by atoms with van der Waals surface area (Å²) in [4.78, 5) is 0. The number of ether oxygens (including phenoxy) is 1. The number of hydrogen-bond acceptors (Lipinski definition) is 4. The molecule has 0 N–H and O–H groups in total. The third-order valence-electron chi connectivity index (χ3n) is 4.97. The number of nitrogens with zero attached hydrogens (tertiary/aromatic N) is 3. The van der Waals surface area contributed by atoms with Crippen molar-refractivity contribution in [2.24, 2.45) is 0 Å². The fourth-order valence-electron chi connectivity index (χ4n) is 3.26. The van der Waals surface area contributed by atoms with Gasteiger partial charge in [-0.1, -0.05) is 65.9 Å². The zero-order chi connectivity index (χ0) is 20.9. The highest BCUT2D eigenvalue weighted by molar-refractivity contribution is 7.98. The molecule has 4 nitrogen and oxygen atoms in total. The van der Waals surface area contributed by atoms with Crippen LogP contribution < -0.4 is 4.74 Å². The first-order chi connectivity index (χ1) is 14.7. The van der Waals surface area contributed by atoms with Crippen LogP contribution in [-0.4, -0.2) is 21.4 Å². The molecule has 0 fully saturated rings. The molecule has 152 valence electrons. The van der Waals surface area contributed by atoms with Gasteiger partial charge < -0.3 is 4.74 Å². The van der Waals surface area contributed by atoms with Crippen molar-refractivity contribution in [3.63, 3.8) is 0 Å². The lowest BCUT2D eigenvalue weighted by molar-refractivity contribution is 0.340. The van der Waals surface area contributed by atoms with E-state index >= 15 is 0 Å². The Hall–Kier alpha value is -3.05. The van der Waals surface area contributed by atoms with Crippen molar-refractivity contribution in [3.05, 3.63) is 89.5 Å². The van der Waals surface area contributed by atoms with E-state index in [2.05, 4.69) is 89.3 Å². The van der Waals surface area contributed by atoms with Gasteiger partial charge in [-0.05, 0) is 56.2 Å². The molecule has 4 aromatic rings. The summed E-state index contributed by atoms with van der Waals surface area (Å²) in [6.45, 7) is 6.87. The highest BCUT2D eigenvalue weighted by Crippen LogP contribution is 2.31. The first-order valence-corrected chi connectivity index (χ1v) is 11.1. The number of aromatic nitrogens is 3. The van der Waals surface area contributed by atoms with E-state index in [1.807, 2.05) is 19.1 Å². The van der Waals surface area contributed by atoms with Gasteiger partial charge in [-0.15, -0.1) is 10.2 Å². The van der Waals surface area contributed by atoms with E-state index < -0.39 is 0 Å². The van der Waals surface area contributed by atoms with Gasteiger partial charge >= 0.3 is 0 Å². The molecule has 30 heavy (non-hydrogen) atoms. The van der Waals surface area contributed by atoms with Crippen LogP contribution in [0.5, 0.6) is 5.75 Å². The molecule has 4 rings (SSSR count). The predicted octanol–water partition coefficient (Wildman–Crippen LogP) is 6.24. The molecule has 0 amide bonds. The molecular formula is C25H25N3OS. The zero-order valence-electron chi connectivity index (χ0n) is 17.5. The Morgan fingerprint density at radius 1 is 0.867 bits per heavy atom. The van der Waals surface area contributed by atoms with Crippen molar-refractivity contribution in [2.45, 2.75) is 31.7 Å². The Morgan fingerprint density at radius 3 is 2.30 bits per heavy atom. The molecule has 0 aliphatic carbocycles. The maximum atomic E-state index is 5.61. The topological polar surface area (TPSA) is 39.9 Å². The number of rotatable bonds is 7. The fourth-order valence-corrected chi connectivity index (χ4v) is 4.29. The van der Waals surface area contributed by atoms with E-state index in [0.717, 1.165) is 33.7 Å². The Kier molecular flexibility index (Phi) is 6.19. The summed E-state index contributed by atoms with van der Waals surface area (Å²) in [5.41, 5.74) is 5.88. The van der Waals surface area contributed by atoms with Gasteiger partial charge in [-0.25, -0.2) is 0 Å². The quantitative estimate of drug-likeness (QED) is 0.335. The normalized spacial score (nSPS) is 10.9. The maximum absolute atomic E-state index is 5.61. The number of thioether (sulfide) groups is 1. The minimum Gasteiger partial charge on any atom is -0.494 e. The van der Waals surface area contributed by atoms with Crippen molar-refractivity contribution < 1.29 is 4.74 Å². The van der Waals surface area contributed by atoms with Crippen molar-refractivity contribution in [3.8, 4) is 22.8 Å². The summed E-state index contributed by atoms with van der Waals surface area (Å²) in [6.07, 6.45) is 0. The molecule has 1 aromatic heterocycles. The summed E-state index contributed by atoms with van der Waals surface area (Å²) in [5.74, 6) is 2.54. The number of aryl methyl sites for hydroxylation is 2. The van der Waals surface area contributed by atoms with Crippen LogP contribution in [-0.2, 0) is 5.75 Å². The van der Waals surface area contributed by atoms with Gasteiger partial charge in [-0.3, -0.25) is 4.57 Å². The minimum absolute atomic E-state index is 0.651. The molecule has 1 heterocycles. The van der Waals surface area contributed by atoms with E-state index in [0.29, 0.717) is 6.61 Å². The van der Waals surface area contributed by atoms with Crippen LogP contribution in [0.2, 0.25) is 0 Å². The van der Waals surface area contributed by atoms with Crippen LogP contribution in [0.3, 0.4) is 0 Å². The molecule has 0 atom stereocenters. The van der Waals surface area contributed by atoms with Gasteiger partial charge in [0.15, 0.2) is 11.0 Å². The Bertz CT molecular complexity index is 1120. The van der Waals surface area contributed by atoms with Gasteiger partial charge in [0, 0.05) is 17.0 Å². The van der Waals surface area contributed by atoms with Gasteiger partial charge in [0.2, 0.25) is 0 Å². The second kappa shape index (κ2) is 9.18.